The summed E-state index contributed by atoms with van der Waals surface area (Å²) in [5, 5.41) is 0.0774. The number of nitrogens with zero attached hydrogens (tertiary/aromatic N) is 1. The smallest absolute Gasteiger partial charge is 0.295 e. The van der Waals surface area contributed by atoms with Gasteiger partial charge in [0.25, 0.3) is 5.91 Å². The van der Waals surface area contributed by atoms with E-state index in [1.165, 1.54) is 17.0 Å². The van der Waals surface area contributed by atoms with Gasteiger partial charge in [0.05, 0.1) is 23.6 Å². The van der Waals surface area contributed by atoms with Crippen molar-refractivity contribution in [1.29, 1.82) is 0 Å². The lowest BCUT2D eigenvalue weighted by Gasteiger charge is -2.26. The van der Waals surface area contributed by atoms with Gasteiger partial charge in [0.1, 0.15) is 18.0 Å². The SMILES string of the molecule is C=CCOc1ccc(C2c3c(oc4ccc(F)cc4c3=O)C(=O)N2c2cccc(C)c2)cc1OCC. The Labute approximate surface area is 207 Å². The van der Waals surface area contributed by atoms with Crippen molar-refractivity contribution in [3.63, 3.8) is 0 Å². The third-order valence-electron chi connectivity index (χ3n) is 6.05. The summed E-state index contributed by atoms with van der Waals surface area (Å²) in [6, 6.07) is 15.6. The third-order valence-corrected chi connectivity index (χ3v) is 6.05. The Bertz CT molecular complexity index is 1560. The van der Waals surface area contributed by atoms with Crippen molar-refractivity contribution in [3.05, 3.63) is 112 Å². The van der Waals surface area contributed by atoms with Crippen LogP contribution in [-0.2, 0) is 0 Å². The molecule has 0 fully saturated rings. The van der Waals surface area contributed by atoms with Crippen LogP contribution in [0.15, 0.2) is 82.5 Å². The van der Waals surface area contributed by atoms with Gasteiger partial charge in [0, 0.05) is 5.69 Å². The minimum absolute atomic E-state index is 0.0597. The predicted molar refractivity (Wildman–Crippen MR) is 136 cm³/mol. The summed E-state index contributed by atoms with van der Waals surface area (Å²) < 4.78 is 31.5. The van der Waals surface area contributed by atoms with Gasteiger partial charge in [-0.1, -0.05) is 30.9 Å². The zero-order valence-electron chi connectivity index (χ0n) is 19.9. The molecule has 1 aliphatic rings. The highest BCUT2D eigenvalue weighted by atomic mass is 19.1. The van der Waals surface area contributed by atoms with Gasteiger partial charge in [0.15, 0.2) is 16.9 Å². The molecule has 0 radical (unpaired) electrons. The monoisotopic (exact) mass is 485 g/mol. The van der Waals surface area contributed by atoms with Crippen molar-refractivity contribution in [1.82, 2.24) is 0 Å². The molecule has 5 rings (SSSR count). The molecule has 3 aromatic carbocycles. The van der Waals surface area contributed by atoms with Crippen molar-refractivity contribution >= 4 is 22.6 Å². The van der Waals surface area contributed by atoms with E-state index < -0.39 is 23.2 Å². The van der Waals surface area contributed by atoms with Gasteiger partial charge in [-0.2, -0.15) is 0 Å². The number of hydrogen-bond acceptors (Lipinski definition) is 5. The summed E-state index contributed by atoms with van der Waals surface area (Å²) in [4.78, 5) is 29.0. The molecule has 1 atom stereocenters. The minimum atomic E-state index is -0.814. The number of rotatable bonds is 7. The summed E-state index contributed by atoms with van der Waals surface area (Å²) in [5.41, 5.74) is 2.04. The summed E-state index contributed by atoms with van der Waals surface area (Å²) in [5.74, 6) is -0.0872. The molecule has 182 valence electrons. The van der Waals surface area contributed by atoms with E-state index in [2.05, 4.69) is 6.58 Å². The first-order valence-electron chi connectivity index (χ1n) is 11.6. The van der Waals surface area contributed by atoms with Gasteiger partial charge in [0.2, 0.25) is 5.76 Å². The minimum Gasteiger partial charge on any atom is -0.490 e. The fourth-order valence-electron chi connectivity index (χ4n) is 4.54. The van der Waals surface area contributed by atoms with Crippen molar-refractivity contribution < 1.29 is 23.1 Å². The zero-order chi connectivity index (χ0) is 25.4. The highest BCUT2D eigenvalue weighted by Crippen LogP contribution is 2.43. The fraction of sp³-hybridized carbons (Fsp3) is 0.172. The topological polar surface area (TPSA) is 69.0 Å². The second kappa shape index (κ2) is 9.34. The lowest BCUT2D eigenvalue weighted by atomic mass is 9.97. The van der Waals surface area contributed by atoms with Crippen LogP contribution in [0.1, 0.15) is 40.2 Å². The molecule has 0 saturated carbocycles. The number of anilines is 1. The van der Waals surface area contributed by atoms with Crippen LogP contribution in [-0.4, -0.2) is 19.1 Å². The molecule has 0 bridgehead atoms. The summed E-state index contributed by atoms with van der Waals surface area (Å²) in [6.07, 6.45) is 1.63. The summed E-state index contributed by atoms with van der Waals surface area (Å²) in [6.45, 7) is 8.13. The van der Waals surface area contributed by atoms with Crippen molar-refractivity contribution in [3.8, 4) is 11.5 Å². The first kappa shape index (κ1) is 23.4. The summed E-state index contributed by atoms with van der Waals surface area (Å²) >= 11 is 0. The lowest BCUT2D eigenvalue weighted by molar-refractivity contribution is 0.0971. The van der Waals surface area contributed by atoms with Gasteiger partial charge in [-0.15, -0.1) is 0 Å². The molecule has 6 nitrogen and oxygen atoms in total. The lowest BCUT2D eigenvalue weighted by Crippen LogP contribution is -2.29. The fourth-order valence-corrected chi connectivity index (χ4v) is 4.54. The maximum atomic E-state index is 14.0. The normalized spacial score (nSPS) is 14.7. The Kier molecular flexibility index (Phi) is 6.06. The molecule has 0 spiro atoms. The van der Waals surface area contributed by atoms with Crippen molar-refractivity contribution in [2.45, 2.75) is 19.9 Å². The van der Waals surface area contributed by atoms with Crippen molar-refractivity contribution in [2.75, 3.05) is 18.1 Å². The molecule has 1 unspecified atom stereocenters. The molecule has 0 saturated heterocycles. The van der Waals surface area contributed by atoms with Crippen LogP contribution in [0.2, 0.25) is 0 Å². The van der Waals surface area contributed by atoms with Gasteiger partial charge in [-0.05, 0) is 67.4 Å². The van der Waals surface area contributed by atoms with Gasteiger partial charge in [-0.3, -0.25) is 14.5 Å². The van der Waals surface area contributed by atoms with Crippen LogP contribution in [0.5, 0.6) is 11.5 Å². The first-order valence-corrected chi connectivity index (χ1v) is 11.6. The molecule has 36 heavy (non-hydrogen) atoms. The standard InChI is InChI=1S/C29H24FNO5/c1-4-13-35-23-11-9-18(15-24(23)34-5-2)26-25-27(32)21-16-19(30)10-12-22(21)36-28(25)29(33)31(26)20-8-6-7-17(3)14-20/h4,6-12,14-16,26H,1,5,13H2,2-3H3. The molecule has 0 N–H and O–H groups in total. The molecular weight excluding hydrogens is 461 g/mol. The van der Waals surface area contributed by atoms with Crippen LogP contribution in [0.3, 0.4) is 0 Å². The molecular formula is C29H24FNO5. The average molecular weight is 486 g/mol. The molecule has 2 heterocycles. The number of amides is 1. The third kappa shape index (κ3) is 3.92. The zero-order valence-corrected chi connectivity index (χ0v) is 19.9. The molecule has 1 aliphatic heterocycles. The number of carbonyl (C=O) groups is 1. The van der Waals surface area contributed by atoms with E-state index >= 15 is 0 Å². The van der Waals surface area contributed by atoms with E-state index in [0.717, 1.165) is 11.6 Å². The predicted octanol–water partition coefficient (Wildman–Crippen LogP) is 5.95. The second-order valence-electron chi connectivity index (χ2n) is 8.47. The van der Waals surface area contributed by atoms with E-state index in [1.54, 1.807) is 30.3 Å². The number of ether oxygens (including phenoxy) is 2. The van der Waals surface area contributed by atoms with E-state index in [4.69, 9.17) is 13.9 Å². The molecule has 7 heteroatoms. The highest BCUT2D eigenvalue weighted by molar-refractivity contribution is 6.10. The second-order valence-corrected chi connectivity index (χ2v) is 8.47. The number of halogens is 1. The molecule has 1 aromatic heterocycles. The van der Waals surface area contributed by atoms with Gasteiger partial charge < -0.3 is 13.9 Å². The Morgan fingerprint density at radius 3 is 2.64 bits per heavy atom. The Morgan fingerprint density at radius 2 is 1.89 bits per heavy atom. The Balaban J connectivity index is 1.76. The van der Waals surface area contributed by atoms with Crippen LogP contribution < -0.4 is 19.8 Å². The first-order chi connectivity index (χ1) is 17.4. The maximum Gasteiger partial charge on any atom is 0.295 e. The number of aryl methyl sites for hydroxylation is 1. The van der Waals surface area contributed by atoms with E-state index in [-0.39, 0.29) is 22.3 Å². The number of fused-ring (bicyclic) bond motifs is 2. The molecule has 1 amide bonds. The van der Waals surface area contributed by atoms with Gasteiger partial charge in [-0.25, -0.2) is 4.39 Å². The average Bonchev–Trinajstić information content (AvgIpc) is 3.16. The molecule has 0 aliphatic carbocycles. The number of hydrogen-bond donors (Lipinski definition) is 0. The van der Waals surface area contributed by atoms with Crippen LogP contribution in [0.4, 0.5) is 10.1 Å². The maximum absolute atomic E-state index is 14.0. The Hall–Kier alpha value is -4.39. The quantitative estimate of drug-likeness (QED) is 0.303. The molecule has 4 aromatic rings. The largest absolute Gasteiger partial charge is 0.490 e. The van der Waals surface area contributed by atoms with E-state index in [1.807, 2.05) is 32.0 Å². The summed E-state index contributed by atoms with van der Waals surface area (Å²) in [7, 11) is 0. The van der Waals surface area contributed by atoms with Crippen LogP contribution in [0.25, 0.3) is 11.0 Å². The van der Waals surface area contributed by atoms with E-state index in [0.29, 0.717) is 36.0 Å². The Morgan fingerprint density at radius 1 is 1.06 bits per heavy atom. The van der Waals surface area contributed by atoms with Crippen molar-refractivity contribution in [2.24, 2.45) is 0 Å². The number of benzene rings is 3. The highest BCUT2D eigenvalue weighted by Gasteiger charge is 2.44. The number of carbonyl (C=O) groups excluding carboxylic acids is 1. The van der Waals surface area contributed by atoms with Crippen LogP contribution in [0, 0.1) is 12.7 Å². The van der Waals surface area contributed by atoms with E-state index in [9.17, 15) is 14.0 Å². The van der Waals surface area contributed by atoms with Gasteiger partial charge >= 0.3 is 0 Å². The van der Waals surface area contributed by atoms with Crippen LogP contribution >= 0.6 is 0 Å².